The van der Waals surface area contributed by atoms with Gasteiger partial charge in [0.2, 0.25) is 5.91 Å². The summed E-state index contributed by atoms with van der Waals surface area (Å²) in [5.74, 6) is 0.248. The van der Waals surface area contributed by atoms with E-state index in [-0.39, 0.29) is 17.4 Å². The van der Waals surface area contributed by atoms with Gasteiger partial charge in [-0.25, -0.2) is 0 Å². The summed E-state index contributed by atoms with van der Waals surface area (Å²) >= 11 is 0. The van der Waals surface area contributed by atoms with Crippen molar-refractivity contribution in [3.63, 3.8) is 0 Å². The number of nitrogens with zero attached hydrogens (tertiary/aromatic N) is 1. The minimum atomic E-state index is -0.258. The Balaban J connectivity index is 2.11. The predicted molar refractivity (Wildman–Crippen MR) is 82.6 cm³/mol. The zero-order valence-electron chi connectivity index (χ0n) is 13.1. The second-order valence-corrected chi connectivity index (χ2v) is 6.34. The van der Waals surface area contributed by atoms with Gasteiger partial charge in [-0.1, -0.05) is 29.8 Å². The third-order valence-corrected chi connectivity index (χ3v) is 4.57. The van der Waals surface area contributed by atoms with E-state index < -0.39 is 0 Å². The van der Waals surface area contributed by atoms with Gasteiger partial charge < -0.3 is 10.2 Å². The normalized spacial score (nSPS) is 24.2. The highest BCUT2D eigenvalue weighted by Gasteiger charge is 2.37. The van der Waals surface area contributed by atoms with E-state index in [9.17, 15) is 4.79 Å². The van der Waals surface area contributed by atoms with Crippen LogP contribution in [0.5, 0.6) is 0 Å². The molecule has 1 aliphatic rings. The first-order valence-electron chi connectivity index (χ1n) is 7.48. The minimum absolute atomic E-state index is 0.113. The van der Waals surface area contributed by atoms with Crippen molar-refractivity contribution < 1.29 is 4.79 Å². The highest BCUT2D eigenvalue weighted by atomic mass is 16.2. The first-order chi connectivity index (χ1) is 9.44. The molecule has 1 heterocycles. The van der Waals surface area contributed by atoms with Crippen LogP contribution in [0.4, 0.5) is 0 Å². The Kier molecular flexibility index (Phi) is 4.48. The Bertz CT molecular complexity index is 460. The molecule has 1 N–H and O–H groups in total. The molecule has 0 aromatic heterocycles. The highest BCUT2D eigenvalue weighted by molar-refractivity contribution is 5.83. The van der Waals surface area contributed by atoms with E-state index in [1.807, 2.05) is 11.9 Å². The monoisotopic (exact) mass is 274 g/mol. The molecule has 3 heteroatoms. The number of nitrogens with one attached hydrogen (secondary N) is 1. The van der Waals surface area contributed by atoms with Gasteiger partial charge in [0.25, 0.3) is 0 Å². The Morgan fingerprint density at radius 1 is 1.35 bits per heavy atom. The maximum absolute atomic E-state index is 12.8. The summed E-state index contributed by atoms with van der Waals surface area (Å²) in [7, 11) is 1.92. The van der Waals surface area contributed by atoms with Crippen LogP contribution in [0, 0.1) is 12.3 Å². The molecule has 1 amide bonds. The molecule has 1 saturated heterocycles. The topological polar surface area (TPSA) is 32.3 Å². The van der Waals surface area contributed by atoms with Gasteiger partial charge in [0, 0.05) is 13.6 Å². The fourth-order valence-electron chi connectivity index (χ4n) is 2.91. The van der Waals surface area contributed by atoms with Crippen molar-refractivity contribution >= 4 is 5.91 Å². The molecular formula is C17H26N2O. The standard InChI is InChI=1S/C17H26N2O/c1-13-6-8-15(9-7-13)14(2)19(4)16(20)17(3)10-5-11-18-12-17/h6-9,14,18H,5,10-12H2,1-4H3. The van der Waals surface area contributed by atoms with Crippen LogP contribution in [-0.2, 0) is 4.79 Å². The molecule has 110 valence electrons. The van der Waals surface area contributed by atoms with Crippen LogP contribution in [0.3, 0.4) is 0 Å². The van der Waals surface area contributed by atoms with E-state index >= 15 is 0 Å². The van der Waals surface area contributed by atoms with E-state index in [1.165, 1.54) is 11.1 Å². The van der Waals surface area contributed by atoms with Gasteiger partial charge in [-0.3, -0.25) is 4.79 Å². The van der Waals surface area contributed by atoms with Crippen LogP contribution in [-0.4, -0.2) is 30.9 Å². The molecule has 0 radical (unpaired) electrons. The third kappa shape index (κ3) is 3.04. The maximum Gasteiger partial charge on any atom is 0.230 e. The summed E-state index contributed by atoms with van der Waals surface area (Å²) in [5, 5.41) is 3.35. The largest absolute Gasteiger partial charge is 0.338 e. The first kappa shape index (κ1) is 15.0. The molecule has 2 rings (SSSR count). The molecule has 3 nitrogen and oxygen atoms in total. The summed E-state index contributed by atoms with van der Waals surface area (Å²) in [4.78, 5) is 14.7. The molecule has 0 spiro atoms. The van der Waals surface area contributed by atoms with Crippen LogP contribution < -0.4 is 5.32 Å². The van der Waals surface area contributed by atoms with E-state index in [4.69, 9.17) is 0 Å². The van der Waals surface area contributed by atoms with Gasteiger partial charge in [0.05, 0.1) is 11.5 Å². The molecule has 0 aliphatic carbocycles. The lowest BCUT2D eigenvalue weighted by molar-refractivity contribution is -0.142. The maximum atomic E-state index is 12.8. The van der Waals surface area contributed by atoms with Crippen LogP contribution >= 0.6 is 0 Å². The van der Waals surface area contributed by atoms with E-state index in [1.54, 1.807) is 0 Å². The van der Waals surface area contributed by atoms with Gasteiger partial charge in [-0.05, 0) is 45.7 Å². The molecule has 1 aliphatic heterocycles. The zero-order valence-corrected chi connectivity index (χ0v) is 13.1. The Labute approximate surface area is 122 Å². The number of carbonyl (C=O) groups excluding carboxylic acids is 1. The van der Waals surface area contributed by atoms with Crippen molar-refractivity contribution in [3.05, 3.63) is 35.4 Å². The first-order valence-corrected chi connectivity index (χ1v) is 7.48. The van der Waals surface area contributed by atoms with Crippen molar-refractivity contribution in [1.82, 2.24) is 10.2 Å². The van der Waals surface area contributed by atoms with E-state index in [0.717, 1.165) is 25.9 Å². The van der Waals surface area contributed by atoms with Gasteiger partial charge in [-0.2, -0.15) is 0 Å². The van der Waals surface area contributed by atoms with Crippen LogP contribution in [0.25, 0.3) is 0 Å². The summed E-state index contributed by atoms with van der Waals surface area (Å²) in [6.07, 6.45) is 2.05. The van der Waals surface area contributed by atoms with E-state index in [2.05, 4.69) is 50.4 Å². The molecule has 1 aromatic rings. The minimum Gasteiger partial charge on any atom is -0.338 e. The van der Waals surface area contributed by atoms with E-state index in [0.29, 0.717) is 0 Å². The predicted octanol–water partition coefficient (Wildman–Crippen LogP) is 2.90. The number of rotatable bonds is 3. The quantitative estimate of drug-likeness (QED) is 0.919. The fourth-order valence-corrected chi connectivity index (χ4v) is 2.91. The highest BCUT2D eigenvalue weighted by Crippen LogP contribution is 2.31. The molecule has 2 unspecified atom stereocenters. The summed E-state index contributed by atoms with van der Waals surface area (Å²) < 4.78 is 0. The molecule has 2 atom stereocenters. The SMILES string of the molecule is Cc1ccc(C(C)N(C)C(=O)C2(C)CCCNC2)cc1. The lowest BCUT2D eigenvalue weighted by Crippen LogP contribution is -2.49. The summed E-state index contributed by atoms with van der Waals surface area (Å²) in [6, 6.07) is 8.56. The van der Waals surface area contributed by atoms with Crippen molar-refractivity contribution in [3.8, 4) is 0 Å². The Hall–Kier alpha value is -1.35. The van der Waals surface area contributed by atoms with Gasteiger partial charge >= 0.3 is 0 Å². The number of benzene rings is 1. The molecular weight excluding hydrogens is 248 g/mol. The number of carbonyl (C=O) groups is 1. The van der Waals surface area contributed by atoms with Crippen molar-refractivity contribution in [2.24, 2.45) is 5.41 Å². The average molecular weight is 274 g/mol. The van der Waals surface area contributed by atoms with Crippen molar-refractivity contribution in [2.75, 3.05) is 20.1 Å². The number of hydrogen-bond donors (Lipinski definition) is 1. The average Bonchev–Trinajstić information content (AvgIpc) is 2.46. The van der Waals surface area contributed by atoms with Crippen molar-refractivity contribution in [2.45, 2.75) is 39.7 Å². The molecule has 20 heavy (non-hydrogen) atoms. The smallest absolute Gasteiger partial charge is 0.230 e. The van der Waals surface area contributed by atoms with Crippen LogP contribution in [0.2, 0.25) is 0 Å². The lowest BCUT2D eigenvalue weighted by Gasteiger charge is -2.38. The van der Waals surface area contributed by atoms with Gasteiger partial charge in [-0.15, -0.1) is 0 Å². The number of piperidine rings is 1. The summed E-state index contributed by atoms with van der Waals surface area (Å²) in [6.45, 7) is 8.08. The molecule has 0 bridgehead atoms. The van der Waals surface area contributed by atoms with Gasteiger partial charge in [0.15, 0.2) is 0 Å². The Morgan fingerprint density at radius 2 is 2.00 bits per heavy atom. The lowest BCUT2D eigenvalue weighted by atomic mass is 9.81. The number of amides is 1. The second kappa shape index (κ2) is 5.96. The fraction of sp³-hybridized carbons (Fsp3) is 0.588. The number of aryl methyl sites for hydroxylation is 1. The number of hydrogen-bond acceptors (Lipinski definition) is 2. The summed E-state index contributed by atoms with van der Waals surface area (Å²) in [5.41, 5.74) is 2.18. The Morgan fingerprint density at radius 3 is 2.55 bits per heavy atom. The van der Waals surface area contributed by atoms with Gasteiger partial charge in [0.1, 0.15) is 0 Å². The molecule has 1 aromatic carbocycles. The third-order valence-electron chi connectivity index (χ3n) is 4.57. The molecule has 1 fully saturated rings. The zero-order chi connectivity index (χ0) is 14.8. The van der Waals surface area contributed by atoms with Crippen LogP contribution in [0.1, 0.15) is 43.9 Å². The van der Waals surface area contributed by atoms with Crippen molar-refractivity contribution in [1.29, 1.82) is 0 Å². The molecule has 0 saturated carbocycles. The second-order valence-electron chi connectivity index (χ2n) is 6.34. The van der Waals surface area contributed by atoms with Crippen LogP contribution in [0.15, 0.2) is 24.3 Å².